The standard InChI is InChI=1S/C18H24NO3P/c1-13(2)21-23(20,22-14(3)4)17-11-8-9-15(5)18(17)16-10-6-7-12-19-16/h6-14H,1-5H3. The van der Waals surface area contributed by atoms with Crippen LogP contribution in [0, 0.1) is 6.92 Å². The van der Waals surface area contributed by atoms with Gasteiger partial charge in [0.25, 0.3) is 0 Å². The van der Waals surface area contributed by atoms with E-state index in [1.807, 2.05) is 71.0 Å². The topological polar surface area (TPSA) is 48.4 Å². The second-order valence-electron chi connectivity index (χ2n) is 5.99. The van der Waals surface area contributed by atoms with Crippen LogP contribution in [-0.2, 0) is 13.6 Å². The molecule has 0 aliphatic rings. The van der Waals surface area contributed by atoms with E-state index in [0.29, 0.717) is 5.30 Å². The summed E-state index contributed by atoms with van der Waals surface area (Å²) in [5.74, 6) is 0. The summed E-state index contributed by atoms with van der Waals surface area (Å²) < 4.78 is 25.0. The van der Waals surface area contributed by atoms with Gasteiger partial charge in [0.15, 0.2) is 0 Å². The third-order valence-corrected chi connectivity index (χ3v) is 5.53. The number of nitrogens with zero attached hydrogens (tertiary/aromatic N) is 1. The molecule has 1 aromatic carbocycles. The van der Waals surface area contributed by atoms with Gasteiger partial charge in [0.1, 0.15) is 0 Å². The van der Waals surface area contributed by atoms with Crippen LogP contribution in [0.4, 0.5) is 0 Å². The van der Waals surface area contributed by atoms with E-state index in [9.17, 15) is 4.57 Å². The Morgan fingerprint density at radius 3 is 2.13 bits per heavy atom. The highest BCUT2D eigenvalue weighted by molar-refractivity contribution is 7.62. The third-order valence-electron chi connectivity index (χ3n) is 3.17. The molecule has 2 rings (SSSR count). The Kier molecular flexibility index (Phi) is 5.74. The fourth-order valence-corrected chi connectivity index (χ4v) is 4.64. The molecular weight excluding hydrogens is 309 g/mol. The second kappa shape index (κ2) is 7.39. The molecule has 0 aliphatic carbocycles. The van der Waals surface area contributed by atoms with Crippen molar-refractivity contribution in [3.63, 3.8) is 0 Å². The summed E-state index contributed by atoms with van der Waals surface area (Å²) in [4.78, 5) is 4.41. The molecule has 0 saturated carbocycles. The van der Waals surface area contributed by atoms with Gasteiger partial charge in [-0.15, -0.1) is 0 Å². The average molecular weight is 333 g/mol. The van der Waals surface area contributed by atoms with Crippen LogP contribution in [0.3, 0.4) is 0 Å². The predicted molar refractivity (Wildman–Crippen MR) is 94.1 cm³/mol. The normalized spacial score (nSPS) is 12.1. The number of aryl methyl sites for hydroxylation is 1. The number of benzene rings is 1. The maximum absolute atomic E-state index is 13.5. The molecule has 2 aromatic rings. The van der Waals surface area contributed by atoms with Gasteiger partial charge in [0.2, 0.25) is 0 Å². The number of pyridine rings is 1. The highest BCUT2D eigenvalue weighted by Crippen LogP contribution is 2.51. The van der Waals surface area contributed by atoms with Crippen molar-refractivity contribution >= 4 is 12.9 Å². The van der Waals surface area contributed by atoms with E-state index >= 15 is 0 Å². The summed E-state index contributed by atoms with van der Waals surface area (Å²) in [6.07, 6.45) is 1.30. The lowest BCUT2D eigenvalue weighted by Crippen LogP contribution is -2.19. The highest BCUT2D eigenvalue weighted by Gasteiger charge is 2.34. The zero-order valence-corrected chi connectivity index (χ0v) is 15.2. The molecule has 23 heavy (non-hydrogen) atoms. The lowest BCUT2D eigenvalue weighted by atomic mass is 10.1. The molecule has 1 aromatic heterocycles. The molecule has 0 aliphatic heterocycles. The molecule has 0 saturated heterocycles. The molecule has 0 atom stereocenters. The van der Waals surface area contributed by atoms with Crippen LogP contribution in [-0.4, -0.2) is 17.2 Å². The molecule has 1 heterocycles. The highest BCUT2D eigenvalue weighted by atomic mass is 31.2. The van der Waals surface area contributed by atoms with Gasteiger partial charge in [0.05, 0.1) is 23.2 Å². The quantitative estimate of drug-likeness (QED) is 0.717. The van der Waals surface area contributed by atoms with Crippen LogP contribution in [0.5, 0.6) is 0 Å². The Hall–Kier alpha value is -1.48. The zero-order valence-electron chi connectivity index (χ0n) is 14.3. The van der Waals surface area contributed by atoms with Gasteiger partial charge in [-0.05, 0) is 58.4 Å². The summed E-state index contributed by atoms with van der Waals surface area (Å²) in [6, 6.07) is 11.3. The fourth-order valence-electron chi connectivity index (χ4n) is 2.42. The number of aromatic nitrogens is 1. The zero-order chi connectivity index (χ0) is 17.0. The largest absolute Gasteiger partial charge is 0.362 e. The van der Waals surface area contributed by atoms with Crippen LogP contribution in [0.2, 0.25) is 0 Å². The molecule has 0 bridgehead atoms. The summed E-state index contributed by atoms with van der Waals surface area (Å²) >= 11 is 0. The van der Waals surface area contributed by atoms with Gasteiger partial charge >= 0.3 is 7.60 Å². The average Bonchev–Trinajstić information content (AvgIpc) is 2.46. The van der Waals surface area contributed by atoms with Crippen molar-refractivity contribution in [1.29, 1.82) is 0 Å². The van der Waals surface area contributed by atoms with E-state index < -0.39 is 7.60 Å². The molecule has 0 spiro atoms. The van der Waals surface area contributed by atoms with E-state index in [1.165, 1.54) is 0 Å². The van der Waals surface area contributed by atoms with E-state index in [-0.39, 0.29) is 12.2 Å². The first kappa shape index (κ1) is 17.9. The van der Waals surface area contributed by atoms with Crippen molar-refractivity contribution in [3.8, 4) is 11.3 Å². The minimum absolute atomic E-state index is 0.211. The second-order valence-corrected chi connectivity index (χ2v) is 7.89. The van der Waals surface area contributed by atoms with E-state index in [4.69, 9.17) is 9.05 Å². The first-order valence-electron chi connectivity index (χ1n) is 7.82. The van der Waals surface area contributed by atoms with Crippen LogP contribution in [0.1, 0.15) is 33.3 Å². The Morgan fingerprint density at radius 1 is 0.957 bits per heavy atom. The van der Waals surface area contributed by atoms with Crippen molar-refractivity contribution in [2.45, 2.75) is 46.8 Å². The molecule has 0 unspecified atom stereocenters. The van der Waals surface area contributed by atoms with E-state index in [1.54, 1.807) is 6.20 Å². The van der Waals surface area contributed by atoms with Crippen molar-refractivity contribution in [2.75, 3.05) is 0 Å². The van der Waals surface area contributed by atoms with Gasteiger partial charge in [-0.25, -0.2) is 0 Å². The number of rotatable bonds is 6. The van der Waals surface area contributed by atoms with Gasteiger partial charge < -0.3 is 9.05 Å². The van der Waals surface area contributed by atoms with Gasteiger partial charge in [-0.1, -0.05) is 18.2 Å². The molecule has 0 amide bonds. The third kappa shape index (κ3) is 4.29. The van der Waals surface area contributed by atoms with Gasteiger partial charge in [0, 0.05) is 11.8 Å². The van der Waals surface area contributed by atoms with Crippen LogP contribution in [0.15, 0.2) is 42.6 Å². The van der Waals surface area contributed by atoms with Crippen LogP contribution >= 0.6 is 7.60 Å². The van der Waals surface area contributed by atoms with Crippen molar-refractivity contribution < 1.29 is 13.6 Å². The smallest absolute Gasteiger partial charge is 0.302 e. The van der Waals surface area contributed by atoms with Crippen LogP contribution < -0.4 is 5.30 Å². The monoisotopic (exact) mass is 333 g/mol. The van der Waals surface area contributed by atoms with Crippen LogP contribution in [0.25, 0.3) is 11.3 Å². The molecule has 124 valence electrons. The van der Waals surface area contributed by atoms with E-state index in [0.717, 1.165) is 16.8 Å². The fraction of sp³-hybridized carbons (Fsp3) is 0.389. The van der Waals surface area contributed by atoms with E-state index in [2.05, 4.69) is 4.98 Å². The molecule has 0 fully saturated rings. The first-order valence-corrected chi connectivity index (χ1v) is 9.36. The number of hydrogen-bond donors (Lipinski definition) is 0. The molecule has 4 nitrogen and oxygen atoms in total. The van der Waals surface area contributed by atoms with Gasteiger partial charge in [-0.3, -0.25) is 9.55 Å². The predicted octanol–water partition coefficient (Wildman–Crippen LogP) is 4.73. The Bertz CT molecular complexity index is 685. The van der Waals surface area contributed by atoms with Crippen molar-refractivity contribution in [1.82, 2.24) is 4.98 Å². The van der Waals surface area contributed by atoms with Crippen molar-refractivity contribution in [3.05, 3.63) is 48.2 Å². The lowest BCUT2D eigenvalue weighted by molar-refractivity contribution is 0.150. The maximum Gasteiger partial charge on any atom is 0.362 e. The number of hydrogen-bond acceptors (Lipinski definition) is 4. The maximum atomic E-state index is 13.5. The summed E-state index contributed by atoms with van der Waals surface area (Å²) in [7, 11) is -3.45. The minimum Gasteiger partial charge on any atom is -0.302 e. The summed E-state index contributed by atoms with van der Waals surface area (Å²) in [5.41, 5.74) is 2.57. The summed E-state index contributed by atoms with van der Waals surface area (Å²) in [5, 5.41) is 0.568. The Morgan fingerprint density at radius 2 is 1.61 bits per heavy atom. The molecule has 0 radical (unpaired) electrons. The first-order chi connectivity index (χ1) is 10.8. The summed E-state index contributed by atoms with van der Waals surface area (Å²) in [6.45, 7) is 9.39. The Labute approximate surface area is 138 Å². The lowest BCUT2D eigenvalue weighted by Gasteiger charge is -2.25. The molecule has 5 heteroatoms. The van der Waals surface area contributed by atoms with Crippen molar-refractivity contribution in [2.24, 2.45) is 0 Å². The Balaban J connectivity index is 2.65. The SMILES string of the molecule is Cc1cccc(P(=O)(OC(C)C)OC(C)C)c1-c1ccccn1. The molecular formula is C18H24NO3P. The van der Waals surface area contributed by atoms with Gasteiger partial charge in [-0.2, -0.15) is 0 Å². The minimum atomic E-state index is -3.45. The molecule has 0 N–H and O–H groups in total.